The molecule has 9 N–H and O–H groups in total. The molecule has 0 radical (unpaired) electrons. The van der Waals surface area contributed by atoms with Gasteiger partial charge in [-0.05, 0) is 50.2 Å². The van der Waals surface area contributed by atoms with Crippen molar-refractivity contribution in [1.82, 2.24) is 16.0 Å². The maximum atomic E-state index is 12.8. The van der Waals surface area contributed by atoms with Crippen LogP contribution in [0.2, 0.25) is 0 Å². The van der Waals surface area contributed by atoms with Gasteiger partial charge >= 0.3 is 5.97 Å². The molecule has 0 fully saturated rings. The van der Waals surface area contributed by atoms with Gasteiger partial charge in [-0.15, -0.1) is 0 Å². The van der Waals surface area contributed by atoms with E-state index in [0.717, 1.165) is 0 Å². The molecular weight excluding hydrogens is 438 g/mol. The summed E-state index contributed by atoms with van der Waals surface area (Å²) >= 11 is 1.53. The molecule has 0 spiro atoms. The lowest BCUT2D eigenvalue weighted by atomic mass is 9.98. The van der Waals surface area contributed by atoms with Crippen molar-refractivity contribution in [3.05, 3.63) is 0 Å². The van der Waals surface area contributed by atoms with Crippen LogP contribution in [0.25, 0.3) is 0 Å². The zero-order chi connectivity index (χ0) is 24.7. The number of carboxylic acid groups (broad SMARTS) is 1. The van der Waals surface area contributed by atoms with Crippen molar-refractivity contribution in [2.24, 2.45) is 17.4 Å². The van der Waals surface area contributed by atoms with Crippen LogP contribution in [0, 0.1) is 5.92 Å². The average molecular weight is 478 g/mol. The molecule has 0 aliphatic heterocycles. The van der Waals surface area contributed by atoms with Gasteiger partial charge in [0.05, 0.1) is 12.6 Å². The number of hydrogen-bond donors (Lipinski definition) is 7. The largest absolute Gasteiger partial charge is 0.480 e. The lowest BCUT2D eigenvalue weighted by molar-refractivity contribution is -0.144. The molecule has 0 rings (SSSR count). The third-order valence-corrected chi connectivity index (χ3v) is 5.79. The smallest absolute Gasteiger partial charge is 0.326 e. The van der Waals surface area contributed by atoms with Gasteiger partial charge in [-0.3, -0.25) is 14.4 Å². The van der Waals surface area contributed by atoms with Crippen LogP contribution < -0.4 is 27.4 Å². The number of nitrogens with one attached hydrogen (secondary N) is 3. The summed E-state index contributed by atoms with van der Waals surface area (Å²) in [4.78, 5) is 49.2. The molecule has 0 aliphatic carbocycles. The molecule has 0 aromatic carbocycles. The summed E-state index contributed by atoms with van der Waals surface area (Å²) in [5.74, 6) is -2.82. The number of carboxylic acids is 1. The van der Waals surface area contributed by atoms with E-state index < -0.39 is 54.5 Å². The monoisotopic (exact) mass is 477 g/mol. The Kier molecular flexibility index (Phi) is 15.7. The third-order valence-electron chi connectivity index (χ3n) is 5.14. The van der Waals surface area contributed by atoms with E-state index in [9.17, 15) is 29.4 Å². The number of nitrogens with two attached hydrogens (primary N) is 2. The zero-order valence-electron chi connectivity index (χ0n) is 19.1. The summed E-state index contributed by atoms with van der Waals surface area (Å²) in [6, 6.07) is -4.28. The highest BCUT2D eigenvalue weighted by Gasteiger charge is 2.31. The lowest BCUT2D eigenvalue weighted by Crippen LogP contribution is -2.58. The van der Waals surface area contributed by atoms with Gasteiger partial charge in [0.25, 0.3) is 0 Å². The molecular formula is C20H39N5O6S. The molecule has 0 bridgehead atoms. The summed E-state index contributed by atoms with van der Waals surface area (Å²) in [6.45, 7) is 3.23. The summed E-state index contributed by atoms with van der Waals surface area (Å²) < 4.78 is 0. The fourth-order valence-corrected chi connectivity index (χ4v) is 3.31. The highest BCUT2D eigenvalue weighted by atomic mass is 32.2. The van der Waals surface area contributed by atoms with Gasteiger partial charge in [0.15, 0.2) is 0 Å². The van der Waals surface area contributed by atoms with Crippen molar-refractivity contribution in [2.45, 2.75) is 70.1 Å². The average Bonchev–Trinajstić information content (AvgIpc) is 2.77. The van der Waals surface area contributed by atoms with E-state index >= 15 is 0 Å². The van der Waals surface area contributed by atoms with Gasteiger partial charge in [0.1, 0.15) is 18.1 Å². The van der Waals surface area contributed by atoms with Gasteiger partial charge < -0.3 is 37.6 Å². The van der Waals surface area contributed by atoms with E-state index in [1.807, 2.05) is 13.2 Å². The predicted molar refractivity (Wildman–Crippen MR) is 124 cm³/mol. The van der Waals surface area contributed by atoms with E-state index in [-0.39, 0.29) is 12.3 Å². The van der Waals surface area contributed by atoms with Crippen molar-refractivity contribution < 1.29 is 29.4 Å². The first-order valence-corrected chi connectivity index (χ1v) is 12.2. The van der Waals surface area contributed by atoms with Gasteiger partial charge in [0.2, 0.25) is 17.7 Å². The fourth-order valence-electron chi connectivity index (χ4n) is 2.82. The van der Waals surface area contributed by atoms with Crippen LogP contribution in [0.3, 0.4) is 0 Å². The minimum absolute atomic E-state index is 0.223. The zero-order valence-corrected chi connectivity index (χ0v) is 20.0. The highest BCUT2D eigenvalue weighted by molar-refractivity contribution is 7.98. The van der Waals surface area contributed by atoms with Crippen molar-refractivity contribution in [1.29, 1.82) is 0 Å². The number of carbonyl (C=O) groups excluding carboxylic acids is 3. The maximum absolute atomic E-state index is 12.8. The first-order chi connectivity index (χ1) is 15.1. The van der Waals surface area contributed by atoms with Gasteiger partial charge in [-0.25, -0.2) is 4.79 Å². The lowest BCUT2D eigenvalue weighted by Gasteiger charge is -2.26. The van der Waals surface area contributed by atoms with Gasteiger partial charge in [-0.2, -0.15) is 11.8 Å². The standard InChI is InChI=1S/C20H39N5O6S/c1-4-12(2)16(20(30)31)25-18(28)14(7-5-6-9-21)23-19(29)15(11-26)24-17(27)13(22)8-10-32-3/h12-16,26H,4-11,21-22H2,1-3H3,(H,23,29)(H,24,27)(H,25,28)(H,30,31). The Balaban J connectivity index is 5.27. The molecule has 0 aliphatic rings. The molecule has 5 unspecified atom stereocenters. The van der Waals surface area contributed by atoms with E-state index in [4.69, 9.17) is 11.5 Å². The second-order valence-corrected chi connectivity index (χ2v) is 8.67. The number of hydrogen-bond acceptors (Lipinski definition) is 8. The Hall–Kier alpha value is -1.89. The third kappa shape index (κ3) is 11.1. The Morgan fingerprint density at radius 1 is 0.969 bits per heavy atom. The molecule has 5 atom stereocenters. The van der Waals surface area contributed by atoms with E-state index in [2.05, 4.69) is 16.0 Å². The van der Waals surface area contributed by atoms with Crippen molar-refractivity contribution in [2.75, 3.05) is 25.2 Å². The Morgan fingerprint density at radius 2 is 1.56 bits per heavy atom. The predicted octanol–water partition coefficient (Wildman–Crippen LogP) is -1.23. The van der Waals surface area contributed by atoms with Crippen molar-refractivity contribution in [3.63, 3.8) is 0 Å². The van der Waals surface area contributed by atoms with Gasteiger partial charge in [0, 0.05) is 0 Å². The minimum Gasteiger partial charge on any atom is -0.480 e. The fraction of sp³-hybridized carbons (Fsp3) is 0.800. The first kappa shape index (κ1) is 30.1. The maximum Gasteiger partial charge on any atom is 0.326 e. The summed E-state index contributed by atoms with van der Waals surface area (Å²) in [7, 11) is 0. The summed E-state index contributed by atoms with van der Waals surface area (Å²) in [5.41, 5.74) is 11.3. The van der Waals surface area contributed by atoms with E-state index in [0.29, 0.717) is 38.0 Å². The number of amides is 3. The second-order valence-electron chi connectivity index (χ2n) is 7.69. The number of unbranched alkanes of at least 4 members (excludes halogenated alkanes) is 1. The molecule has 0 saturated heterocycles. The molecule has 11 nitrogen and oxygen atoms in total. The number of aliphatic hydroxyl groups excluding tert-OH is 1. The Labute approximate surface area is 193 Å². The molecule has 32 heavy (non-hydrogen) atoms. The van der Waals surface area contributed by atoms with Crippen LogP contribution in [0.1, 0.15) is 46.0 Å². The quantitative estimate of drug-likeness (QED) is 0.125. The van der Waals surface area contributed by atoms with E-state index in [1.165, 1.54) is 11.8 Å². The number of aliphatic hydroxyl groups is 1. The topological polar surface area (TPSA) is 197 Å². The minimum atomic E-state index is -1.29. The SMILES string of the molecule is CCC(C)C(NC(=O)C(CCCCN)NC(=O)C(CO)NC(=O)C(N)CCSC)C(=O)O. The Morgan fingerprint density at radius 3 is 2.06 bits per heavy atom. The van der Waals surface area contributed by atoms with Crippen LogP contribution in [0.15, 0.2) is 0 Å². The van der Waals surface area contributed by atoms with Gasteiger partial charge in [-0.1, -0.05) is 20.3 Å². The van der Waals surface area contributed by atoms with Crippen molar-refractivity contribution in [3.8, 4) is 0 Å². The van der Waals surface area contributed by atoms with Crippen LogP contribution in [0.4, 0.5) is 0 Å². The molecule has 0 aromatic rings. The van der Waals surface area contributed by atoms with Crippen LogP contribution in [-0.4, -0.2) is 83.2 Å². The molecule has 12 heteroatoms. The normalized spacial score (nSPS) is 15.7. The highest BCUT2D eigenvalue weighted by Crippen LogP contribution is 2.10. The summed E-state index contributed by atoms with van der Waals surface area (Å²) in [6.07, 6.45) is 4.17. The summed E-state index contributed by atoms with van der Waals surface area (Å²) in [5, 5.41) is 26.4. The van der Waals surface area contributed by atoms with E-state index in [1.54, 1.807) is 6.92 Å². The number of aliphatic carboxylic acids is 1. The van der Waals surface area contributed by atoms with Crippen molar-refractivity contribution >= 4 is 35.5 Å². The second kappa shape index (κ2) is 16.7. The number of thioether (sulfide) groups is 1. The van der Waals surface area contributed by atoms with Crippen LogP contribution in [-0.2, 0) is 19.2 Å². The first-order valence-electron chi connectivity index (χ1n) is 10.8. The molecule has 0 heterocycles. The Bertz CT molecular complexity index is 609. The molecule has 3 amide bonds. The number of rotatable bonds is 17. The van der Waals surface area contributed by atoms with Crippen LogP contribution in [0.5, 0.6) is 0 Å². The van der Waals surface area contributed by atoms with Crippen LogP contribution >= 0.6 is 11.8 Å². The molecule has 186 valence electrons. The number of carbonyl (C=O) groups is 4. The molecule has 0 aromatic heterocycles. The molecule has 0 saturated carbocycles.